The molecule has 0 spiro atoms. The van der Waals surface area contributed by atoms with E-state index in [0.29, 0.717) is 6.42 Å². The quantitative estimate of drug-likeness (QED) is 0.627. The first kappa shape index (κ1) is 12.2. The minimum absolute atomic E-state index is 0. The zero-order chi connectivity index (χ0) is 9.35. The van der Waals surface area contributed by atoms with Crippen molar-refractivity contribution in [3.05, 3.63) is 0 Å². The van der Waals surface area contributed by atoms with Crippen LogP contribution in [0.25, 0.3) is 0 Å². The van der Waals surface area contributed by atoms with Crippen LogP contribution in [-0.2, 0) is 14.3 Å². The van der Waals surface area contributed by atoms with Gasteiger partial charge in [-0.1, -0.05) is 0 Å². The van der Waals surface area contributed by atoms with Crippen molar-refractivity contribution >= 4 is 24.3 Å². The molecule has 0 radical (unpaired) electrons. The number of halogens is 1. The monoisotopic (exact) mass is 209 g/mol. The molecule has 6 heteroatoms. The van der Waals surface area contributed by atoms with Crippen LogP contribution in [0.5, 0.6) is 0 Å². The van der Waals surface area contributed by atoms with Gasteiger partial charge in [-0.25, -0.2) is 0 Å². The fourth-order valence-corrected chi connectivity index (χ4v) is 1.25. The van der Waals surface area contributed by atoms with E-state index in [1.165, 1.54) is 7.11 Å². The molecule has 0 heterocycles. The third-order valence-electron chi connectivity index (χ3n) is 2.14. The molecule has 1 aliphatic rings. The lowest BCUT2D eigenvalue weighted by atomic mass is 10.2. The van der Waals surface area contributed by atoms with E-state index in [4.69, 9.17) is 10.8 Å². The smallest absolute Gasteiger partial charge is 0.326 e. The van der Waals surface area contributed by atoms with E-state index in [-0.39, 0.29) is 24.7 Å². The van der Waals surface area contributed by atoms with Crippen molar-refractivity contribution in [3.63, 3.8) is 0 Å². The fourth-order valence-electron chi connectivity index (χ4n) is 1.25. The highest BCUT2D eigenvalue weighted by Crippen LogP contribution is 2.44. The van der Waals surface area contributed by atoms with Gasteiger partial charge in [-0.3, -0.25) is 9.59 Å². The number of carbonyl (C=O) groups excluding carboxylic acids is 1. The summed E-state index contributed by atoms with van der Waals surface area (Å²) in [7, 11) is 1.24. The van der Waals surface area contributed by atoms with Gasteiger partial charge in [-0.05, 0) is 6.42 Å². The molecule has 0 aliphatic heterocycles. The standard InChI is InChI=1S/C7H11NO4.ClH/c1-12-6(11)7(8)3-4(7)2-5(9)10;/h4H,2-3,8H2,1H3,(H,9,10);1H/t4-,7+;/m0./s1. The molecule has 1 aliphatic carbocycles. The minimum atomic E-state index is -1.03. The SMILES string of the molecule is COC(=O)[C@@]1(N)C[C@@H]1CC(=O)O.Cl. The first-order valence-electron chi connectivity index (χ1n) is 3.60. The molecule has 1 rings (SSSR count). The summed E-state index contributed by atoms with van der Waals surface area (Å²) in [5.74, 6) is -1.72. The molecule has 0 aromatic rings. The molecule has 0 unspecified atom stereocenters. The van der Waals surface area contributed by atoms with E-state index < -0.39 is 17.5 Å². The zero-order valence-electron chi connectivity index (χ0n) is 7.15. The Morgan fingerprint density at radius 3 is 2.62 bits per heavy atom. The molecule has 0 aromatic carbocycles. The Morgan fingerprint density at radius 1 is 1.69 bits per heavy atom. The highest BCUT2D eigenvalue weighted by atomic mass is 35.5. The first-order chi connectivity index (χ1) is 5.50. The maximum atomic E-state index is 10.9. The van der Waals surface area contributed by atoms with Gasteiger partial charge in [0.15, 0.2) is 0 Å². The fraction of sp³-hybridized carbons (Fsp3) is 0.714. The maximum Gasteiger partial charge on any atom is 0.326 e. The van der Waals surface area contributed by atoms with Gasteiger partial charge < -0.3 is 15.6 Å². The molecule has 2 atom stereocenters. The van der Waals surface area contributed by atoms with Gasteiger partial charge in [0.25, 0.3) is 0 Å². The Kier molecular flexibility index (Phi) is 3.69. The summed E-state index contributed by atoms with van der Waals surface area (Å²) >= 11 is 0. The Labute approximate surface area is 81.6 Å². The van der Waals surface area contributed by atoms with Crippen molar-refractivity contribution < 1.29 is 19.4 Å². The Balaban J connectivity index is 0.00000144. The summed E-state index contributed by atoms with van der Waals surface area (Å²) in [5.41, 5.74) is 4.52. The molecule has 0 amide bonds. The van der Waals surface area contributed by atoms with E-state index in [1.807, 2.05) is 0 Å². The lowest BCUT2D eigenvalue weighted by molar-refractivity contribution is -0.144. The predicted molar refractivity (Wildman–Crippen MR) is 46.5 cm³/mol. The lowest BCUT2D eigenvalue weighted by Crippen LogP contribution is -2.36. The Bertz CT molecular complexity index is 233. The highest BCUT2D eigenvalue weighted by molar-refractivity contribution is 5.86. The molecule has 13 heavy (non-hydrogen) atoms. The van der Waals surface area contributed by atoms with Crippen LogP contribution in [-0.4, -0.2) is 29.7 Å². The summed E-state index contributed by atoms with van der Waals surface area (Å²) in [4.78, 5) is 21.2. The van der Waals surface area contributed by atoms with Crippen LogP contribution < -0.4 is 5.73 Å². The van der Waals surface area contributed by atoms with Crippen molar-refractivity contribution in [2.24, 2.45) is 11.7 Å². The number of carboxylic acids is 1. The van der Waals surface area contributed by atoms with Crippen molar-refractivity contribution in [1.82, 2.24) is 0 Å². The van der Waals surface area contributed by atoms with Crippen LogP contribution in [0.2, 0.25) is 0 Å². The van der Waals surface area contributed by atoms with Crippen LogP contribution in [0.4, 0.5) is 0 Å². The third-order valence-corrected chi connectivity index (χ3v) is 2.14. The molecule has 0 bridgehead atoms. The minimum Gasteiger partial charge on any atom is -0.481 e. The van der Waals surface area contributed by atoms with Gasteiger partial charge in [-0.2, -0.15) is 0 Å². The number of nitrogens with two attached hydrogens (primary N) is 1. The molecular weight excluding hydrogens is 198 g/mol. The van der Waals surface area contributed by atoms with Crippen LogP contribution >= 0.6 is 12.4 Å². The molecular formula is C7H12ClNO4. The summed E-state index contributed by atoms with van der Waals surface area (Å²) in [6, 6.07) is 0. The predicted octanol–water partition coefficient (Wildman–Crippen LogP) is -0.227. The van der Waals surface area contributed by atoms with Gasteiger partial charge >= 0.3 is 11.9 Å². The van der Waals surface area contributed by atoms with Crippen LogP contribution in [0.1, 0.15) is 12.8 Å². The largest absolute Gasteiger partial charge is 0.481 e. The third kappa shape index (κ3) is 2.32. The average molecular weight is 210 g/mol. The number of ether oxygens (including phenoxy) is 1. The number of esters is 1. The van der Waals surface area contributed by atoms with E-state index in [2.05, 4.69) is 4.74 Å². The molecule has 0 aromatic heterocycles. The molecule has 5 nitrogen and oxygen atoms in total. The van der Waals surface area contributed by atoms with Crippen molar-refractivity contribution in [2.45, 2.75) is 18.4 Å². The van der Waals surface area contributed by atoms with Crippen molar-refractivity contribution in [2.75, 3.05) is 7.11 Å². The second kappa shape index (κ2) is 3.93. The van der Waals surface area contributed by atoms with Gasteiger partial charge in [0.1, 0.15) is 5.54 Å². The van der Waals surface area contributed by atoms with E-state index in [9.17, 15) is 9.59 Å². The van der Waals surface area contributed by atoms with Crippen molar-refractivity contribution in [3.8, 4) is 0 Å². The first-order valence-corrected chi connectivity index (χ1v) is 3.60. The molecule has 1 fully saturated rings. The zero-order valence-corrected chi connectivity index (χ0v) is 7.97. The Morgan fingerprint density at radius 2 is 2.23 bits per heavy atom. The second-order valence-electron chi connectivity index (χ2n) is 3.03. The topological polar surface area (TPSA) is 89.6 Å². The van der Waals surface area contributed by atoms with E-state index >= 15 is 0 Å². The van der Waals surface area contributed by atoms with Crippen molar-refractivity contribution in [1.29, 1.82) is 0 Å². The number of rotatable bonds is 3. The van der Waals surface area contributed by atoms with Gasteiger partial charge in [0, 0.05) is 5.92 Å². The van der Waals surface area contributed by atoms with Crippen LogP contribution in [0.15, 0.2) is 0 Å². The number of aliphatic carboxylic acids is 1. The molecule has 76 valence electrons. The van der Waals surface area contributed by atoms with E-state index in [0.717, 1.165) is 0 Å². The number of methoxy groups -OCH3 is 1. The summed E-state index contributed by atoms with van der Waals surface area (Å²) in [6.45, 7) is 0. The number of carboxylic acid groups (broad SMARTS) is 1. The maximum absolute atomic E-state index is 10.9. The highest BCUT2D eigenvalue weighted by Gasteiger charge is 2.58. The second-order valence-corrected chi connectivity index (χ2v) is 3.03. The average Bonchev–Trinajstić information content (AvgIpc) is 2.60. The van der Waals surface area contributed by atoms with Gasteiger partial charge in [0.2, 0.25) is 0 Å². The molecule has 0 saturated heterocycles. The van der Waals surface area contributed by atoms with E-state index in [1.54, 1.807) is 0 Å². The Hall–Kier alpha value is -0.810. The molecule has 1 saturated carbocycles. The number of hydrogen-bond donors (Lipinski definition) is 2. The van der Waals surface area contributed by atoms with Gasteiger partial charge in [-0.15, -0.1) is 12.4 Å². The van der Waals surface area contributed by atoms with Gasteiger partial charge in [0.05, 0.1) is 13.5 Å². The van der Waals surface area contributed by atoms with Crippen LogP contribution in [0, 0.1) is 5.92 Å². The summed E-state index contributed by atoms with van der Waals surface area (Å²) in [5, 5.41) is 8.40. The lowest BCUT2D eigenvalue weighted by Gasteiger charge is -2.06. The summed E-state index contributed by atoms with van der Waals surface area (Å²) in [6.07, 6.45) is 0.345. The van der Waals surface area contributed by atoms with Crippen LogP contribution in [0.3, 0.4) is 0 Å². The summed E-state index contributed by atoms with van der Waals surface area (Å²) < 4.78 is 4.43. The normalized spacial score (nSPS) is 30.2. The molecule has 3 N–H and O–H groups in total. The number of hydrogen-bond acceptors (Lipinski definition) is 4. The number of carbonyl (C=O) groups is 2.